The second-order valence-corrected chi connectivity index (χ2v) is 7.14. The summed E-state index contributed by atoms with van der Waals surface area (Å²) in [6.07, 6.45) is 0. The van der Waals surface area contributed by atoms with Crippen molar-refractivity contribution in [3.05, 3.63) is 63.8 Å². The SMILES string of the molecule is Cc1cc(Br)ccc1NC(=O)CN(C)C(=O)c1oc2ccccc2c1C. The normalized spacial score (nSPS) is 10.8. The molecule has 0 unspecified atom stereocenters. The van der Waals surface area contributed by atoms with Crippen molar-refractivity contribution in [2.45, 2.75) is 13.8 Å². The molecule has 6 heteroatoms. The fraction of sp³-hybridized carbons (Fsp3) is 0.200. The van der Waals surface area contributed by atoms with Gasteiger partial charge in [0.1, 0.15) is 5.58 Å². The van der Waals surface area contributed by atoms with E-state index in [9.17, 15) is 9.59 Å². The molecule has 0 aliphatic rings. The van der Waals surface area contributed by atoms with Crippen molar-refractivity contribution in [1.29, 1.82) is 0 Å². The number of carbonyl (C=O) groups is 2. The number of likely N-dealkylation sites (N-methyl/N-ethyl adjacent to an activating group) is 1. The monoisotopic (exact) mass is 414 g/mol. The molecule has 26 heavy (non-hydrogen) atoms. The van der Waals surface area contributed by atoms with Crippen LogP contribution in [0.4, 0.5) is 5.69 Å². The molecule has 0 aliphatic carbocycles. The van der Waals surface area contributed by atoms with E-state index in [0.717, 1.165) is 26.7 Å². The zero-order chi connectivity index (χ0) is 18.8. The molecule has 0 spiro atoms. The lowest BCUT2D eigenvalue weighted by atomic mass is 10.1. The van der Waals surface area contributed by atoms with E-state index in [1.54, 1.807) is 7.05 Å². The minimum Gasteiger partial charge on any atom is -0.451 e. The standard InChI is InChI=1S/C20H19BrN2O3/c1-12-10-14(21)8-9-16(12)22-18(24)11-23(3)20(25)19-13(2)15-6-4-5-7-17(15)26-19/h4-10H,11H2,1-3H3,(H,22,24). The molecule has 0 atom stereocenters. The van der Waals surface area contributed by atoms with Crippen LogP contribution in [0.25, 0.3) is 11.0 Å². The Morgan fingerprint density at radius 1 is 1.15 bits per heavy atom. The Labute approximate surface area is 160 Å². The topological polar surface area (TPSA) is 62.6 Å². The van der Waals surface area contributed by atoms with Gasteiger partial charge in [0.2, 0.25) is 5.91 Å². The Kier molecular flexibility index (Phi) is 5.13. The molecule has 0 aliphatic heterocycles. The van der Waals surface area contributed by atoms with Gasteiger partial charge in [0.15, 0.2) is 5.76 Å². The highest BCUT2D eigenvalue weighted by atomic mass is 79.9. The van der Waals surface area contributed by atoms with Gasteiger partial charge in [-0.25, -0.2) is 0 Å². The molecule has 134 valence electrons. The van der Waals surface area contributed by atoms with Crippen LogP contribution in [0.2, 0.25) is 0 Å². The van der Waals surface area contributed by atoms with Crippen molar-refractivity contribution < 1.29 is 14.0 Å². The Morgan fingerprint density at radius 3 is 2.58 bits per heavy atom. The number of rotatable bonds is 4. The van der Waals surface area contributed by atoms with E-state index in [-0.39, 0.29) is 24.1 Å². The summed E-state index contributed by atoms with van der Waals surface area (Å²) in [6, 6.07) is 13.1. The molecule has 0 saturated carbocycles. The fourth-order valence-electron chi connectivity index (χ4n) is 2.80. The summed E-state index contributed by atoms with van der Waals surface area (Å²) < 4.78 is 6.63. The summed E-state index contributed by atoms with van der Waals surface area (Å²) in [4.78, 5) is 26.3. The van der Waals surface area contributed by atoms with Crippen molar-refractivity contribution >= 4 is 44.4 Å². The van der Waals surface area contributed by atoms with Gasteiger partial charge in [-0.05, 0) is 43.7 Å². The summed E-state index contributed by atoms with van der Waals surface area (Å²) in [5.41, 5.74) is 3.10. The molecule has 0 fully saturated rings. The highest BCUT2D eigenvalue weighted by molar-refractivity contribution is 9.10. The van der Waals surface area contributed by atoms with Crippen LogP contribution in [0.1, 0.15) is 21.7 Å². The predicted octanol–water partition coefficient (Wildman–Crippen LogP) is 4.52. The lowest BCUT2D eigenvalue weighted by Gasteiger charge is -2.16. The quantitative estimate of drug-likeness (QED) is 0.682. The largest absolute Gasteiger partial charge is 0.451 e. The number of carbonyl (C=O) groups excluding carboxylic acids is 2. The second-order valence-electron chi connectivity index (χ2n) is 6.22. The minimum atomic E-state index is -0.318. The smallest absolute Gasteiger partial charge is 0.290 e. The van der Waals surface area contributed by atoms with E-state index in [1.165, 1.54) is 4.90 Å². The highest BCUT2D eigenvalue weighted by Crippen LogP contribution is 2.26. The maximum Gasteiger partial charge on any atom is 0.290 e. The fourth-order valence-corrected chi connectivity index (χ4v) is 3.27. The molecule has 1 aromatic heterocycles. The Hall–Kier alpha value is -2.60. The predicted molar refractivity (Wildman–Crippen MR) is 105 cm³/mol. The Balaban J connectivity index is 1.72. The first-order chi connectivity index (χ1) is 12.4. The first-order valence-electron chi connectivity index (χ1n) is 8.16. The number of halogens is 1. The van der Waals surface area contributed by atoms with Gasteiger partial charge in [-0.15, -0.1) is 0 Å². The van der Waals surface area contributed by atoms with Crippen LogP contribution in [0.5, 0.6) is 0 Å². The van der Waals surface area contributed by atoms with Gasteiger partial charge in [0.25, 0.3) is 5.91 Å². The summed E-state index contributed by atoms with van der Waals surface area (Å²) in [5.74, 6) is -0.317. The molecule has 0 bridgehead atoms. The molecule has 3 rings (SSSR count). The molecule has 0 radical (unpaired) electrons. The number of para-hydroxylation sites is 1. The van der Waals surface area contributed by atoms with Crippen molar-refractivity contribution in [3.8, 4) is 0 Å². The molecule has 3 aromatic rings. The first-order valence-corrected chi connectivity index (χ1v) is 8.95. The average Bonchev–Trinajstić information content (AvgIpc) is 2.94. The van der Waals surface area contributed by atoms with Gasteiger partial charge in [-0.2, -0.15) is 0 Å². The van der Waals surface area contributed by atoms with Crippen molar-refractivity contribution in [2.24, 2.45) is 0 Å². The Morgan fingerprint density at radius 2 is 1.88 bits per heavy atom. The van der Waals surface area contributed by atoms with E-state index in [2.05, 4.69) is 21.2 Å². The number of benzene rings is 2. The third-order valence-electron chi connectivity index (χ3n) is 4.23. The summed E-state index contributed by atoms with van der Waals surface area (Å²) in [7, 11) is 1.59. The molecule has 0 saturated heterocycles. The van der Waals surface area contributed by atoms with Gasteiger partial charge in [-0.3, -0.25) is 9.59 Å². The maximum absolute atomic E-state index is 12.7. The third kappa shape index (κ3) is 3.65. The number of aryl methyl sites for hydroxylation is 2. The summed E-state index contributed by atoms with van der Waals surface area (Å²) >= 11 is 3.39. The summed E-state index contributed by atoms with van der Waals surface area (Å²) in [6.45, 7) is 3.69. The van der Waals surface area contributed by atoms with Crippen LogP contribution in [-0.2, 0) is 4.79 Å². The zero-order valence-corrected chi connectivity index (χ0v) is 16.4. The lowest BCUT2D eigenvalue weighted by molar-refractivity contribution is -0.116. The van der Waals surface area contributed by atoms with Crippen LogP contribution in [0.3, 0.4) is 0 Å². The van der Waals surface area contributed by atoms with Crippen molar-refractivity contribution in [3.63, 3.8) is 0 Å². The number of fused-ring (bicyclic) bond motifs is 1. The zero-order valence-electron chi connectivity index (χ0n) is 14.8. The molecular formula is C20H19BrN2O3. The van der Waals surface area contributed by atoms with Crippen LogP contribution < -0.4 is 5.32 Å². The molecule has 5 nitrogen and oxygen atoms in total. The average molecular weight is 415 g/mol. The number of nitrogens with one attached hydrogen (secondary N) is 1. The van der Waals surface area contributed by atoms with E-state index >= 15 is 0 Å². The van der Waals surface area contributed by atoms with Gasteiger partial charge >= 0.3 is 0 Å². The minimum absolute atomic E-state index is 0.0647. The number of amides is 2. The highest BCUT2D eigenvalue weighted by Gasteiger charge is 2.22. The first kappa shape index (κ1) is 18.2. The van der Waals surface area contributed by atoms with Gasteiger partial charge < -0.3 is 14.6 Å². The van der Waals surface area contributed by atoms with Gasteiger partial charge in [0.05, 0.1) is 6.54 Å². The van der Waals surface area contributed by atoms with E-state index in [4.69, 9.17) is 4.42 Å². The van der Waals surface area contributed by atoms with Crippen LogP contribution >= 0.6 is 15.9 Å². The number of furan rings is 1. The number of hydrogen-bond donors (Lipinski definition) is 1. The molecule has 1 heterocycles. The van der Waals surface area contributed by atoms with E-state index in [0.29, 0.717) is 5.58 Å². The van der Waals surface area contributed by atoms with Crippen LogP contribution in [-0.4, -0.2) is 30.3 Å². The van der Waals surface area contributed by atoms with E-state index < -0.39 is 0 Å². The van der Waals surface area contributed by atoms with Crippen LogP contribution in [0.15, 0.2) is 51.4 Å². The molecule has 2 amide bonds. The Bertz CT molecular complexity index is 994. The van der Waals surface area contributed by atoms with Gasteiger partial charge in [0, 0.05) is 28.2 Å². The van der Waals surface area contributed by atoms with Crippen molar-refractivity contribution in [1.82, 2.24) is 4.90 Å². The third-order valence-corrected chi connectivity index (χ3v) is 4.72. The number of anilines is 1. The number of hydrogen-bond acceptors (Lipinski definition) is 3. The van der Waals surface area contributed by atoms with Crippen LogP contribution in [0, 0.1) is 13.8 Å². The maximum atomic E-state index is 12.7. The molecule has 1 N–H and O–H groups in total. The van der Waals surface area contributed by atoms with E-state index in [1.807, 2.05) is 56.3 Å². The molecular weight excluding hydrogens is 396 g/mol. The summed E-state index contributed by atoms with van der Waals surface area (Å²) in [5, 5.41) is 3.73. The number of nitrogens with zero attached hydrogens (tertiary/aromatic N) is 1. The van der Waals surface area contributed by atoms with Crippen molar-refractivity contribution in [2.75, 3.05) is 18.9 Å². The lowest BCUT2D eigenvalue weighted by Crippen LogP contribution is -2.35. The van der Waals surface area contributed by atoms with Gasteiger partial charge in [-0.1, -0.05) is 34.1 Å². The second kappa shape index (κ2) is 7.33. The molecule has 2 aromatic carbocycles.